The van der Waals surface area contributed by atoms with E-state index in [9.17, 15) is 4.79 Å². The average molecular weight is 393 g/mol. The van der Waals surface area contributed by atoms with Crippen LogP contribution in [-0.4, -0.2) is 65.1 Å². The highest BCUT2D eigenvalue weighted by Crippen LogP contribution is 2.55. The van der Waals surface area contributed by atoms with E-state index in [1.165, 1.54) is 11.3 Å². The Morgan fingerprint density at radius 2 is 1.86 bits per heavy atom. The lowest BCUT2D eigenvalue weighted by Gasteiger charge is -2.58. The summed E-state index contributed by atoms with van der Waals surface area (Å²) in [5, 5.41) is 4.98. The Labute approximate surface area is 174 Å². The Balaban J connectivity index is 1.47. The molecule has 1 amide bonds. The van der Waals surface area contributed by atoms with Gasteiger partial charge in [-0.15, -0.1) is 0 Å². The Hall–Kier alpha value is -2.31. The lowest BCUT2D eigenvalue weighted by Crippen LogP contribution is -2.64. The molecule has 1 aliphatic carbocycles. The third-order valence-electron chi connectivity index (χ3n) is 5.96. The molecule has 0 aromatic carbocycles. The fourth-order valence-corrected chi connectivity index (χ4v) is 4.79. The first-order valence-electron chi connectivity index (χ1n) is 10.4. The minimum atomic E-state index is -0.446. The molecule has 3 heterocycles. The fraction of sp³-hybridized carbons (Fsp3) is 0.600. The van der Waals surface area contributed by atoms with Crippen LogP contribution in [0.3, 0.4) is 0 Å². The van der Waals surface area contributed by atoms with E-state index in [0.29, 0.717) is 11.8 Å². The summed E-state index contributed by atoms with van der Waals surface area (Å²) >= 11 is 0. The zero-order valence-electron chi connectivity index (χ0n) is 18.3. The van der Waals surface area contributed by atoms with Crippen LogP contribution in [0.25, 0.3) is 11.3 Å². The van der Waals surface area contributed by atoms with Crippen LogP contribution in [-0.2, 0) is 4.74 Å². The number of nitrogens with zero attached hydrogens (tertiary/aromatic N) is 5. The number of rotatable bonds is 3. The molecule has 2 aliphatic rings. The molecule has 0 bridgehead atoms. The molecule has 1 spiro atoms. The van der Waals surface area contributed by atoms with Crippen molar-refractivity contribution in [3.05, 3.63) is 30.0 Å². The average Bonchev–Trinajstić information content (AvgIpc) is 2.89. The van der Waals surface area contributed by atoms with Gasteiger partial charge in [0.1, 0.15) is 27.6 Å². The molecule has 9 heteroatoms. The molecule has 29 heavy (non-hydrogen) atoms. The maximum Gasteiger partial charge on any atom is 0.410 e. The van der Waals surface area contributed by atoms with E-state index in [0.717, 1.165) is 37.2 Å². The number of aromatic nitrogens is 4. The second-order valence-corrected chi connectivity index (χ2v) is 9.98. The van der Waals surface area contributed by atoms with Gasteiger partial charge in [0.25, 0.3) is 0 Å². The Bertz CT molecular complexity index is 909. The highest BCUT2D eigenvalue weighted by molar-refractivity contribution is 6.35. The van der Waals surface area contributed by atoms with Crippen molar-refractivity contribution in [1.82, 2.24) is 24.6 Å². The Morgan fingerprint density at radius 3 is 2.41 bits per heavy atom. The third-order valence-corrected chi connectivity index (χ3v) is 5.96. The van der Waals surface area contributed by atoms with Crippen molar-refractivity contribution >= 4 is 21.8 Å². The number of carbonyl (C=O) groups excluding carboxylic acids is 1. The molecule has 0 atom stereocenters. The molecule has 1 saturated heterocycles. The lowest BCUT2D eigenvalue weighted by atomic mass is 9.60. The van der Waals surface area contributed by atoms with Gasteiger partial charge in [0.05, 0.1) is 11.7 Å². The van der Waals surface area contributed by atoms with Gasteiger partial charge in [0.15, 0.2) is 0 Å². The topological polar surface area (TPSA) is 73.1 Å². The van der Waals surface area contributed by atoms with Gasteiger partial charge in [-0.25, -0.2) is 14.8 Å². The van der Waals surface area contributed by atoms with Crippen molar-refractivity contribution in [2.45, 2.75) is 57.9 Å². The van der Waals surface area contributed by atoms with E-state index in [1.54, 1.807) is 6.33 Å². The van der Waals surface area contributed by atoms with Crippen LogP contribution in [0.1, 0.15) is 56.6 Å². The predicted molar refractivity (Wildman–Crippen MR) is 116 cm³/mol. The molecule has 1 saturated carbocycles. The van der Waals surface area contributed by atoms with Gasteiger partial charge in [0.2, 0.25) is 0 Å². The Kier molecular flexibility index (Phi) is 4.74. The fourth-order valence-electron chi connectivity index (χ4n) is 4.79. The van der Waals surface area contributed by atoms with Crippen molar-refractivity contribution in [1.29, 1.82) is 0 Å². The largest absolute Gasteiger partial charge is 0.444 e. The van der Waals surface area contributed by atoms with E-state index in [-0.39, 0.29) is 11.5 Å². The monoisotopic (exact) mass is 393 g/mol. The second kappa shape index (κ2) is 6.89. The standard InChI is InChI=1S/C20H29B2N5O2/c1-12-15(13-7-23-11-24-8-13)25-27(16(12)17(21)22)14-5-20(6-14)9-26(10-20)18(28)29-19(2,3)4/h7-8,11,14,17H,5-6,9-10,21-22H2,1-4H3. The van der Waals surface area contributed by atoms with Crippen LogP contribution in [0.5, 0.6) is 0 Å². The minimum absolute atomic E-state index is 0.198. The van der Waals surface area contributed by atoms with Crippen molar-refractivity contribution < 1.29 is 9.53 Å². The maximum atomic E-state index is 12.2. The van der Waals surface area contributed by atoms with Crippen LogP contribution >= 0.6 is 0 Å². The first-order valence-corrected chi connectivity index (χ1v) is 10.4. The van der Waals surface area contributed by atoms with Crippen molar-refractivity contribution in [3.8, 4) is 11.3 Å². The third kappa shape index (κ3) is 3.67. The van der Waals surface area contributed by atoms with Gasteiger partial charge in [-0.05, 0) is 46.1 Å². The number of hydrogen-bond donors (Lipinski definition) is 0. The van der Waals surface area contributed by atoms with E-state index >= 15 is 0 Å². The molecule has 2 aromatic heterocycles. The summed E-state index contributed by atoms with van der Waals surface area (Å²) in [5.41, 5.74) is 4.59. The van der Waals surface area contributed by atoms with Crippen molar-refractivity contribution in [2.75, 3.05) is 13.1 Å². The highest BCUT2D eigenvalue weighted by Gasteiger charge is 2.55. The number of amides is 1. The van der Waals surface area contributed by atoms with Gasteiger partial charge < -0.3 is 9.64 Å². The number of hydrogen-bond acceptors (Lipinski definition) is 5. The summed E-state index contributed by atoms with van der Waals surface area (Å²) < 4.78 is 7.72. The smallest absolute Gasteiger partial charge is 0.410 e. The van der Waals surface area contributed by atoms with Gasteiger partial charge >= 0.3 is 6.09 Å². The zero-order valence-corrected chi connectivity index (χ0v) is 18.3. The van der Waals surface area contributed by atoms with Gasteiger partial charge in [-0.3, -0.25) is 4.68 Å². The normalized spacial score (nSPS) is 18.6. The van der Waals surface area contributed by atoms with Gasteiger partial charge in [-0.2, -0.15) is 5.10 Å². The van der Waals surface area contributed by atoms with Crippen LogP contribution in [0, 0.1) is 12.3 Å². The summed E-state index contributed by atoms with van der Waals surface area (Å²) in [4.78, 5) is 22.4. The molecule has 0 radical (unpaired) electrons. The quantitative estimate of drug-likeness (QED) is 0.739. The summed E-state index contributed by atoms with van der Waals surface area (Å²) in [6.45, 7) is 9.43. The summed E-state index contributed by atoms with van der Waals surface area (Å²) in [5.74, 6) is 0. The Morgan fingerprint density at radius 1 is 1.24 bits per heavy atom. The van der Waals surface area contributed by atoms with E-state index < -0.39 is 5.60 Å². The first kappa shape index (κ1) is 20.0. The van der Waals surface area contributed by atoms with E-state index in [1.807, 2.05) is 38.1 Å². The van der Waals surface area contributed by atoms with E-state index in [4.69, 9.17) is 9.84 Å². The second-order valence-electron chi connectivity index (χ2n) is 9.98. The highest BCUT2D eigenvalue weighted by atomic mass is 16.6. The molecular formula is C20H29B2N5O2. The van der Waals surface area contributed by atoms with Crippen LogP contribution in [0.4, 0.5) is 4.79 Å². The molecule has 7 nitrogen and oxygen atoms in total. The minimum Gasteiger partial charge on any atom is -0.444 e. The molecule has 4 rings (SSSR count). The molecule has 2 aromatic rings. The van der Waals surface area contributed by atoms with Crippen LogP contribution < -0.4 is 0 Å². The number of ether oxygens (including phenoxy) is 1. The maximum absolute atomic E-state index is 12.2. The molecular weight excluding hydrogens is 364 g/mol. The molecule has 0 unspecified atom stereocenters. The summed E-state index contributed by atoms with van der Waals surface area (Å²) in [7, 11) is 4.43. The SMILES string of the molecule is BC(B)c1c(C)c(-c2cncnc2)nn1C1CC2(C1)CN(C(=O)OC(C)(C)C)C2. The predicted octanol–water partition coefficient (Wildman–Crippen LogP) is 1.49. The first-order chi connectivity index (χ1) is 13.6. The zero-order chi connectivity index (χ0) is 21.0. The molecule has 2 fully saturated rings. The summed E-state index contributed by atoms with van der Waals surface area (Å²) in [6.07, 6.45) is 7.10. The number of likely N-dealkylation sites (tertiary alicyclic amines) is 1. The lowest BCUT2D eigenvalue weighted by molar-refractivity contribution is -0.0931. The van der Waals surface area contributed by atoms with Gasteiger partial charge in [0, 0.05) is 42.2 Å². The van der Waals surface area contributed by atoms with Crippen molar-refractivity contribution in [3.63, 3.8) is 0 Å². The van der Waals surface area contributed by atoms with Gasteiger partial charge in [-0.1, -0.05) is 5.72 Å². The van der Waals surface area contributed by atoms with Crippen LogP contribution in [0.15, 0.2) is 18.7 Å². The van der Waals surface area contributed by atoms with Crippen LogP contribution in [0.2, 0.25) is 0 Å². The molecule has 0 N–H and O–H groups in total. The molecule has 152 valence electrons. The van der Waals surface area contributed by atoms with Crippen molar-refractivity contribution in [2.24, 2.45) is 5.41 Å². The van der Waals surface area contributed by atoms with E-state index in [2.05, 4.69) is 37.3 Å². The summed E-state index contributed by atoms with van der Waals surface area (Å²) in [6, 6.07) is 0.380. The number of carbonyl (C=O) groups is 1. The molecule has 1 aliphatic heterocycles.